The number of oxazole rings is 2. The monoisotopic (exact) mass is 370 g/mol. The maximum Gasteiger partial charge on any atom is 0.407 e. The maximum absolute atomic E-state index is 11.3. The number of methoxy groups -OCH3 is 1. The molecule has 4 rings (SSSR count). The molecule has 1 aliphatic rings. The summed E-state index contributed by atoms with van der Waals surface area (Å²) in [5, 5.41) is 12.3. The molecule has 3 heterocycles. The summed E-state index contributed by atoms with van der Waals surface area (Å²) in [4.78, 5) is 20.8. The molecule has 1 aliphatic heterocycles. The minimum atomic E-state index is -0.948. The number of hydrogen-bond acceptors (Lipinski definition) is 7. The van der Waals surface area contributed by atoms with Gasteiger partial charge in [-0.2, -0.15) is 0 Å². The molecule has 0 saturated carbocycles. The number of nitrogens with zero attached hydrogens (tertiary/aromatic N) is 3. The van der Waals surface area contributed by atoms with Gasteiger partial charge in [-0.15, -0.1) is 0 Å². The Balaban J connectivity index is 1.53. The van der Waals surface area contributed by atoms with E-state index >= 15 is 0 Å². The van der Waals surface area contributed by atoms with E-state index in [1.807, 2.05) is 12.1 Å². The van der Waals surface area contributed by atoms with Crippen LogP contribution in [-0.2, 0) is 0 Å². The van der Waals surface area contributed by atoms with Crippen molar-refractivity contribution < 1.29 is 23.5 Å². The van der Waals surface area contributed by atoms with Crippen molar-refractivity contribution in [3.63, 3.8) is 0 Å². The number of amides is 1. The van der Waals surface area contributed by atoms with Crippen molar-refractivity contribution in [2.24, 2.45) is 0 Å². The summed E-state index contributed by atoms with van der Waals surface area (Å²) in [5.74, 6) is 1.74. The summed E-state index contributed by atoms with van der Waals surface area (Å²) >= 11 is 0. The molecule has 0 radical (unpaired) electrons. The summed E-state index contributed by atoms with van der Waals surface area (Å²) in [6.45, 7) is 0.504. The second-order valence-electron chi connectivity index (χ2n) is 6.11. The van der Waals surface area contributed by atoms with Gasteiger partial charge in [-0.25, -0.2) is 14.8 Å². The van der Waals surface area contributed by atoms with Crippen LogP contribution in [0.1, 0.15) is 24.6 Å². The smallest absolute Gasteiger partial charge is 0.407 e. The molecule has 1 saturated heterocycles. The molecule has 1 atom stereocenters. The predicted molar refractivity (Wildman–Crippen MR) is 95.0 cm³/mol. The molecule has 9 heteroatoms. The van der Waals surface area contributed by atoms with E-state index in [2.05, 4.69) is 15.3 Å². The first kappa shape index (κ1) is 17.0. The molecule has 1 fully saturated rings. The molecule has 0 bridgehead atoms. The summed E-state index contributed by atoms with van der Waals surface area (Å²) in [5.41, 5.74) is 1.49. The van der Waals surface area contributed by atoms with Gasteiger partial charge in [-0.05, 0) is 25.0 Å². The second kappa shape index (κ2) is 7.02. The van der Waals surface area contributed by atoms with Gasteiger partial charge in [0.2, 0.25) is 0 Å². The lowest BCUT2D eigenvalue weighted by Crippen LogP contribution is -2.28. The first-order valence-electron chi connectivity index (χ1n) is 8.45. The van der Waals surface area contributed by atoms with Gasteiger partial charge >= 0.3 is 6.09 Å². The fourth-order valence-corrected chi connectivity index (χ4v) is 3.23. The van der Waals surface area contributed by atoms with Crippen LogP contribution < -0.4 is 10.1 Å². The van der Waals surface area contributed by atoms with Crippen LogP contribution in [0.15, 0.2) is 45.8 Å². The van der Waals surface area contributed by atoms with Gasteiger partial charge in [-0.3, -0.25) is 4.90 Å². The number of hydrogen-bond donors (Lipinski definition) is 2. The summed E-state index contributed by atoms with van der Waals surface area (Å²) in [6.07, 6.45) is 5.12. The van der Waals surface area contributed by atoms with Gasteiger partial charge in [0.1, 0.15) is 11.5 Å². The Labute approximate surface area is 154 Å². The predicted octanol–water partition coefficient (Wildman–Crippen LogP) is 3.90. The number of benzene rings is 1. The van der Waals surface area contributed by atoms with Gasteiger partial charge in [0.15, 0.2) is 12.2 Å². The highest BCUT2D eigenvalue weighted by Crippen LogP contribution is 2.35. The molecule has 1 amide bonds. The van der Waals surface area contributed by atoms with E-state index in [0.29, 0.717) is 29.5 Å². The van der Waals surface area contributed by atoms with Crippen LogP contribution in [0, 0.1) is 0 Å². The van der Waals surface area contributed by atoms with Crippen LogP contribution in [0.2, 0.25) is 0 Å². The molecule has 0 spiro atoms. The average Bonchev–Trinajstić information content (AvgIpc) is 3.42. The summed E-state index contributed by atoms with van der Waals surface area (Å²) in [7, 11) is 1.57. The highest BCUT2D eigenvalue weighted by molar-refractivity contribution is 5.70. The zero-order valence-corrected chi connectivity index (χ0v) is 14.6. The van der Waals surface area contributed by atoms with E-state index in [4.69, 9.17) is 13.6 Å². The van der Waals surface area contributed by atoms with Crippen molar-refractivity contribution in [3.8, 4) is 17.1 Å². The van der Waals surface area contributed by atoms with Gasteiger partial charge in [0, 0.05) is 18.3 Å². The van der Waals surface area contributed by atoms with E-state index in [1.54, 1.807) is 25.6 Å². The molecule has 1 aromatic carbocycles. The molecule has 2 N–H and O–H groups in total. The minimum absolute atomic E-state index is 0.289. The number of carbonyl (C=O) groups is 1. The lowest BCUT2D eigenvalue weighted by molar-refractivity contribution is 0.135. The zero-order chi connectivity index (χ0) is 18.8. The third kappa shape index (κ3) is 3.31. The molecular weight excluding hydrogens is 352 g/mol. The van der Waals surface area contributed by atoms with Gasteiger partial charge in [0.25, 0.3) is 6.01 Å². The van der Waals surface area contributed by atoms with Crippen molar-refractivity contribution in [2.45, 2.75) is 18.9 Å². The molecule has 1 unspecified atom stereocenters. The van der Waals surface area contributed by atoms with E-state index < -0.39 is 6.09 Å². The maximum atomic E-state index is 11.3. The topological polar surface area (TPSA) is 114 Å². The Bertz CT molecular complexity index is 937. The van der Waals surface area contributed by atoms with Crippen LogP contribution in [-0.4, -0.2) is 39.7 Å². The van der Waals surface area contributed by atoms with Crippen molar-refractivity contribution in [2.75, 3.05) is 19.0 Å². The molecule has 9 nitrogen and oxygen atoms in total. The Morgan fingerprint density at radius 3 is 3.04 bits per heavy atom. The van der Waals surface area contributed by atoms with E-state index in [9.17, 15) is 9.90 Å². The first-order chi connectivity index (χ1) is 13.2. The van der Waals surface area contributed by atoms with Crippen molar-refractivity contribution >= 4 is 17.8 Å². The van der Waals surface area contributed by atoms with Crippen molar-refractivity contribution in [1.82, 2.24) is 14.9 Å². The fraction of sp³-hybridized carbons (Fsp3) is 0.278. The number of anilines is 2. The highest BCUT2D eigenvalue weighted by atomic mass is 16.5. The zero-order valence-electron chi connectivity index (χ0n) is 14.6. The third-order valence-corrected chi connectivity index (χ3v) is 4.50. The lowest BCUT2D eigenvalue weighted by atomic mass is 10.1. The number of aromatic nitrogens is 2. The molecular formula is C18H18N4O5. The van der Waals surface area contributed by atoms with E-state index in [1.165, 1.54) is 11.3 Å². The van der Waals surface area contributed by atoms with Crippen LogP contribution in [0.3, 0.4) is 0 Å². The number of rotatable bonds is 5. The van der Waals surface area contributed by atoms with Gasteiger partial charge in [-0.1, -0.05) is 0 Å². The van der Waals surface area contributed by atoms with Crippen LogP contribution in [0.4, 0.5) is 16.5 Å². The number of nitrogens with one attached hydrogen (secondary N) is 1. The SMILES string of the molecule is COc1cc(Nc2ncc(C3CCCN3C(=O)O)o2)ccc1-c1cnco1. The molecule has 27 heavy (non-hydrogen) atoms. The van der Waals surface area contributed by atoms with Gasteiger partial charge < -0.3 is 24.0 Å². The van der Waals surface area contributed by atoms with Crippen LogP contribution in [0.25, 0.3) is 11.3 Å². The standard InChI is InChI=1S/C18H18N4O5/c1-25-14-7-11(4-5-12(14)15-8-19-10-26-15)21-17-20-9-16(27-17)13-3-2-6-22(13)18(23)24/h4-5,7-10,13H,2-3,6H2,1H3,(H,20,21)(H,23,24). The highest BCUT2D eigenvalue weighted by Gasteiger charge is 2.32. The first-order valence-corrected chi connectivity index (χ1v) is 8.45. The Morgan fingerprint density at radius 1 is 1.41 bits per heavy atom. The van der Waals surface area contributed by atoms with E-state index in [-0.39, 0.29) is 12.1 Å². The molecule has 2 aromatic heterocycles. The number of carboxylic acid groups (broad SMARTS) is 1. The minimum Gasteiger partial charge on any atom is -0.496 e. The largest absolute Gasteiger partial charge is 0.496 e. The number of ether oxygens (including phenoxy) is 1. The van der Waals surface area contributed by atoms with Crippen LogP contribution in [0.5, 0.6) is 5.75 Å². The normalized spacial score (nSPS) is 16.5. The average molecular weight is 370 g/mol. The second-order valence-corrected chi connectivity index (χ2v) is 6.11. The quantitative estimate of drug-likeness (QED) is 0.695. The lowest BCUT2D eigenvalue weighted by Gasteiger charge is -2.18. The Hall–Kier alpha value is -3.49. The van der Waals surface area contributed by atoms with Crippen molar-refractivity contribution in [3.05, 3.63) is 42.7 Å². The fourth-order valence-electron chi connectivity index (χ4n) is 3.23. The molecule has 3 aromatic rings. The Kier molecular flexibility index (Phi) is 4.41. The number of likely N-dealkylation sites (tertiary alicyclic amines) is 1. The van der Waals surface area contributed by atoms with Crippen LogP contribution >= 0.6 is 0 Å². The van der Waals surface area contributed by atoms with Gasteiger partial charge in [0.05, 0.1) is 31.1 Å². The van der Waals surface area contributed by atoms with E-state index in [0.717, 1.165) is 18.4 Å². The summed E-state index contributed by atoms with van der Waals surface area (Å²) < 4.78 is 16.5. The summed E-state index contributed by atoms with van der Waals surface area (Å²) in [6, 6.07) is 5.46. The molecule has 140 valence electrons. The van der Waals surface area contributed by atoms with Crippen molar-refractivity contribution in [1.29, 1.82) is 0 Å². The molecule has 0 aliphatic carbocycles. The Morgan fingerprint density at radius 2 is 2.30 bits per heavy atom. The third-order valence-electron chi connectivity index (χ3n) is 4.50.